The zero-order valence-electron chi connectivity index (χ0n) is 10.6. The minimum absolute atomic E-state index is 0.0757. The second-order valence-corrected chi connectivity index (χ2v) is 4.09. The molecule has 0 fully saturated rings. The highest BCUT2D eigenvalue weighted by Gasteiger charge is 2.13. The molecular weight excluding hydrogens is 232 g/mol. The molecule has 0 radical (unpaired) electrons. The van der Waals surface area contributed by atoms with Crippen molar-refractivity contribution in [3.8, 4) is 0 Å². The monoisotopic (exact) mass is 250 g/mol. The molecule has 0 aromatic heterocycles. The standard InChI is InChI=1S/C13H18N2O3/c1-9(16)8-15-11-5-3-10(4-6-11)7-12(14)13(17)18-2/h3-6,12,15H,7-8,14H2,1-2H3. The lowest BCUT2D eigenvalue weighted by Gasteiger charge is -2.10. The number of anilines is 1. The van der Waals surface area contributed by atoms with Gasteiger partial charge in [-0.3, -0.25) is 9.59 Å². The molecule has 1 rings (SSSR count). The van der Waals surface area contributed by atoms with E-state index >= 15 is 0 Å². The maximum Gasteiger partial charge on any atom is 0.322 e. The molecule has 0 bridgehead atoms. The Morgan fingerprint density at radius 2 is 1.94 bits per heavy atom. The normalized spacial score (nSPS) is 11.7. The number of carbonyl (C=O) groups is 2. The van der Waals surface area contributed by atoms with E-state index in [-0.39, 0.29) is 5.78 Å². The predicted molar refractivity (Wildman–Crippen MR) is 69.3 cm³/mol. The number of ether oxygens (including phenoxy) is 1. The van der Waals surface area contributed by atoms with E-state index in [4.69, 9.17) is 5.73 Å². The Hall–Kier alpha value is -1.88. The number of hydrogen-bond acceptors (Lipinski definition) is 5. The van der Waals surface area contributed by atoms with Gasteiger partial charge in [0.15, 0.2) is 0 Å². The molecule has 1 aromatic rings. The molecule has 0 aliphatic carbocycles. The molecule has 5 nitrogen and oxygen atoms in total. The van der Waals surface area contributed by atoms with E-state index in [0.29, 0.717) is 13.0 Å². The fraction of sp³-hybridized carbons (Fsp3) is 0.385. The zero-order valence-corrected chi connectivity index (χ0v) is 10.6. The third-order valence-electron chi connectivity index (χ3n) is 2.45. The van der Waals surface area contributed by atoms with Gasteiger partial charge in [-0.25, -0.2) is 0 Å². The number of benzene rings is 1. The van der Waals surface area contributed by atoms with Gasteiger partial charge in [-0.2, -0.15) is 0 Å². The molecule has 0 amide bonds. The highest BCUT2D eigenvalue weighted by atomic mass is 16.5. The van der Waals surface area contributed by atoms with E-state index in [1.807, 2.05) is 24.3 Å². The molecule has 0 saturated carbocycles. The smallest absolute Gasteiger partial charge is 0.322 e. The van der Waals surface area contributed by atoms with Crippen molar-refractivity contribution in [2.45, 2.75) is 19.4 Å². The molecule has 1 unspecified atom stereocenters. The lowest BCUT2D eigenvalue weighted by Crippen LogP contribution is -2.33. The van der Waals surface area contributed by atoms with E-state index in [1.165, 1.54) is 14.0 Å². The van der Waals surface area contributed by atoms with Crippen LogP contribution in [0.2, 0.25) is 0 Å². The molecule has 3 N–H and O–H groups in total. The summed E-state index contributed by atoms with van der Waals surface area (Å²) in [5.41, 5.74) is 7.47. The number of carbonyl (C=O) groups excluding carboxylic acids is 2. The van der Waals surface area contributed by atoms with Crippen LogP contribution in [0.15, 0.2) is 24.3 Å². The maximum atomic E-state index is 11.2. The fourth-order valence-corrected chi connectivity index (χ4v) is 1.47. The van der Waals surface area contributed by atoms with Crippen LogP contribution in [0, 0.1) is 0 Å². The molecule has 0 heterocycles. The molecule has 1 aromatic carbocycles. The largest absolute Gasteiger partial charge is 0.468 e. The third kappa shape index (κ3) is 4.55. The summed E-state index contributed by atoms with van der Waals surface area (Å²) in [5, 5.41) is 2.99. The van der Waals surface area contributed by atoms with Crippen LogP contribution in [0.5, 0.6) is 0 Å². The molecule has 98 valence electrons. The Morgan fingerprint density at radius 1 is 1.33 bits per heavy atom. The minimum atomic E-state index is -0.647. The van der Waals surface area contributed by atoms with Crippen LogP contribution >= 0.6 is 0 Å². The van der Waals surface area contributed by atoms with E-state index in [2.05, 4.69) is 10.1 Å². The summed E-state index contributed by atoms with van der Waals surface area (Å²) >= 11 is 0. The van der Waals surface area contributed by atoms with Gasteiger partial charge in [-0.1, -0.05) is 12.1 Å². The van der Waals surface area contributed by atoms with Gasteiger partial charge in [0.1, 0.15) is 11.8 Å². The first-order valence-corrected chi connectivity index (χ1v) is 5.68. The SMILES string of the molecule is COC(=O)C(N)Cc1ccc(NCC(C)=O)cc1. The van der Waals surface area contributed by atoms with Crippen molar-refractivity contribution < 1.29 is 14.3 Å². The second-order valence-electron chi connectivity index (χ2n) is 4.09. The summed E-state index contributed by atoms with van der Waals surface area (Å²) in [6, 6.07) is 6.78. The number of hydrogen-bond donors (Lipinski definition) is 2. The van der Waals surface area contributed by atoms with Crippen molar-refractivity contribution in [2.24, 2.45) is 5.73 Å². The zero-order chi connectivity index (χ0) is 13.5. The number of nitrogens with one attached hydrogen (secondary N) is 1. The molecule has 0 aliphatic heterocycles. The van der Waals surface area contributed by atoms with Crippen LogP contribution in [0.4, 0.5) is 5.69 Å². The van der Waals surface area contributed by atoms with Crippen molar-refractivity contribution in [2.75, 3.05) is 19.0 Å². The summed E-state index contributed by atoms with van der Waals surface area (Å²) in [6.45, 7) is 1.83. The predicted octanol–water partition coefficient (Wildman–Crippen LogP) is 0.730. The summed E-state index contributed by atoms with van der Waals surface area (Å²) in [6.07, 6.45) is 0.430. The van der Waals surface area contributed by atoms with Crippen LogP contribution in [0.1, 0.15) is 12.5 Å². The summed E-state index contributed by atoms with van der Waals surface area (Å²) in [5.74, 6) is -0.347. The molecular formula is C13H18N2O3. The Morgan fingerprint density at radius 3 is 2.44 bits per heavy atom. The second kappa shape index (κ2) is 6.76. The Labute approximate surface area is 106 Å². The van der Waals surface area contributed by atoms with Gasteiger partial charge in [0.25, 0.3) is 0 Å². The third-order valence-corrected chi connectivity index (χ3v) is 2.45. The van der Waals surface area contributed by atoms with E-state index in [1.54, 1.807) is 0 Å². The Kier molecular flexibility index (Phi) is 5.32. The first-order valence-electron chi connectivity index (χ1n) is 5.68. The van der Waals surface area contributed by atoms with Gasteiger partial charge in [0.05, 0.1) is 13.7 Å². The van der Waals surface area contributed by atoms with Crippen LogP contribution < -0.4 is 11.1 Å². The number of rotatable bonds is 6. The van der Waals surface area contributed by atoms with Gasteiger partial charge in [-0.15, -0.1) is 0 Å². The summed E-state index contributed by atoms with van der Waals surface area (Å²) < 4.78 is 4.56. The van der Waals surface area contributed by atoms with E-state index < -0.39 is 12.0 Å². The highest BCUT2D eigenvalue weighted by molar-refractivity contribution is 5.80. The van der Waals surface area contributed by atoms with E-state index in [0.717, 1.165) is 11.3 Å². The Bertz CT molecular complexity index is 415. The van der Waals surface area contributed by atoms with Crippen molar-refractivity contribution in [1.82, 2.24) is 0 Å². The fourth-order valence-electron chi connectivity index (χ4n) is 1.47. The number of ketones is 1. The number of Topliss-reactive ketones (excluding diaryl/α,β-unsaturated/α-hetero) is 1. The Balaban J connectivity index is 2.54. The quantitative estimate of drug-likeness (QED) is 0.727. The summed E-state index contributed by atoms with van der Waals surface area (Å²) in [7, 11) is 1.32. The molecule has 18 heavy (non-hydrogen) atoms. The maximum absolute atomic E-state index is 11.2. The molecule has 5 heteroatoms. The first-order chi connectivity index (χ1) is 8.52. The van der Waals surface area contributed by atoms with Crippen molar-refractivity contribution in [3.63, 3.8) is 0 Å². The minimum Gasteiger partial charge on any atom is -0.468 e. The van der Waals surface area contributed by atoms with Gasteiger partial charge in [0, 0.05) is 5.69 Å². The van der Waals surface area contributed by atoms with Gasteiger partial charge in [0.2, 0.25) is 0 Å². The summed E-state index contributed by atoms with van der Waals surface area (Å²) in [4.78, 5) is 22.0. The molecule has 1 atom stereocenters. The first kappa shape index (κ1) is 14.2. The number of esters is 1. The van der Waals surface area contributed by atoms with Crippen molar-refractivity contribution in [1.29, 1.82) is 0 Å². The van der Waals surface area contributed by atoms with Gasteiger partial charge in [-0.05, 0) is 31.0 Å². The van der Waals surface area contributed by atoms with Crippen molar-refractivity contribution in [3.05, 3.63) is 29.8 Å². The lowest BCUT2D eigenvalue weighted by molar-refractivity contribution is -0.142. The van der Waals surface area contributed by atoms with Crippen LogP contribution in [-0.4, -0.2) is 31.4 Å². The van der Waals surface area contributed by atoms with Gasteiger partial charge < -0.3 is 15.8 Å². The van der Waals surface area contributed by atoms with Crippen LogP contribution in [0.25, 0.3) is 0 Å². The van der Waals surface area contributed by atoms with Gasteiger partial charge >= 0.3 is 5.97 Å². The molecule has 0 aliphatic rings. The average Bonchev–Trinajstić information content (AvgIpc) is 2.36. The van der Waals surface area contributed by atoms with Crippen molar-refractivity contribution >= 4 is 17.4 Å². The number of nitrogens with two attached hydrogens (primary N) is 1. The van der Waals surface area contributed by atoms with Crippen LogP contribution in [-0.2, 0) is 20.7 Å². The van der Waals surface area contributed by atoms with Crippen LogP contribution in [0.3, 0.4) is 0 Å². The molecule has 0 spiro atoms. The molecule has 0 saturated heterocycles. The van der Waals surface area contributed by atoms with E-state index in [9.17, 15) is 9.59 Å². The topological polar surface area (TPSA) is 81.4 Å². The average molecular weight is 250 g/mol. The lowest BCUT2D eigenvalue weighted by atomic mass is 10.1. The number of methoxy groups -OCH3 is 1. The highest BCUT2D eigenvalue weighted by Crippen LogP contribution is 2.10.